The molecular formula is C14H21N3O2S. The van der Waals surface area contributed by atoms with Gasteiger partial charge in [0.2, 0.25) is 5.91 Å². The van der Waals surface area contributed by atoms with Crippen LogP contribution in [0.4, 0.5) is 5.13 Å². The number of rotatable bonds is 3. The Bertz CT molecular complexity index is 424. The smallest absolute Gasteiger partial charge is 0.225 e. The van der Waals surface area contributed by atoms with Gasteiger partial charge in [0.25, 0.3) is 0 Å². The third-order valence-corrected chi connectivity index (χ3v) is 4.83. The second kappa shape index (κ2) is 6.54. The number of ether oxygens (including phenoxy) is 1. The van der Waals surface area contributed by atoms with Gasteiger partial charge in [0.1, 0.15) is 0 Å². The lowest BCUT2D eigenvalue weighted by Crippen LogP contribution is -2.49. The predicted molar refractivity (Wildman–Crippen MR) is 79.1 cm³/mol. The summed E-state index contributed by atoms with van der Waals surface area (Å²) in [6.45, 7) is 4.17. The van der Waals surface area contributed by atoms with E-state index in [2.05, 4.69) is 9.88 Å². The van der Waals surface area contributed by atoms with Crippen molar-refractivity contribution >= 4 is 22.4 Å². The highest BCUT2D eigenvalue weighted by Gasteiger charge is 2.25. The first-order chi connectivity index (χ1) is 9.83. The van der Waals surface area contributed by atoms with Crippen LogP contribution in [-0.4, -0.2) is 54.7 Å². The van der Waals surface area contributed by atoms with E-state index in [9.17, 15) is 4.79 Å². The Balaban J connectivity index is 1.46. The Morgan fingerprint density at radius 2 is 2.20 bits per heavy atom. The molecule has 1 aromatic rings. The number of nitrogens with zero attached hydrogens (tertiary/aromatic N) is 3. The van der Waals surface area contributed by atoms with Crippen molar-refractivity contribution in [2.24, 2.45) is 0 Å². The van der Waals surface area contributed by atoms with Crippen LogP contribution in [-0.2, 0) is 9.53 Å². The van der Waals surface area contributed by atoms with Gasteiger partial charge in [-0.2, -0.15) is 0 Å². The molecule has 0 aromatic carbocycles. The minimum absolute atomic E-state index is 0.147. The second-order valence-electron chi connectivity index (χ2n) is 5.38. The van der Waals surface area contributed by atoms with Gasteiger partial charge in [-0.05, 0) is 19.3 Å². The van der Waals surface area contributed by atoms with Crippen LogP contribution in [0, 0.1) is 0 Å². The maximum absolute atomic E-state index is 12.3. The summed E-state index contributed by atoms with van der Waals surface area (Å²) in [5.41, 5.74) is 0. The van der Waals surface area contributed by atoms with Crippen molar-refractivity contribution in [2.75, 3.05) is 37.7 Å². The quantitative estimate of drug-likeness (QED) is 0.852. The van der Waals surface area contributed by atoms with Gasteiger partial charge in [-0.1, -0.05) is 0 Å². The van der Waals surface area contributed by atoms with Gasteiger partial charge in [-0.15, -0.1) is 11.3 Å². The third kappa shape index (κ3) is 3.30. The fourth-order valence-electron chi connectivity index (χ4n) is 2.81. The van der Waals surface area contributed by atoms with Crippen LogP contribution in [0.15, 0.2) is 11.6 Å². The Kier molecular flexibility index (Phi) is 4.52. The molecule has 2 fully saturated rings. The minimum Gasteiger partial charge on any atom is -0.378 e. The van der Waals surface area contributed by atoms with Crippen LogP contribution in [0.2, 0.25) is 0 Å². The van der Waals surface area contributed by atoms with E-state index >= 15 is 0 Å². The van der Waals surface area contributed by atoms with Crippen molar-refractivity contribution in [1.29, 1.82) is 0 Å². The molecule has 0 aliphatic carbocycles. The van der Waals surface area contributed by atoms with E-state index in [4.69, 9.17) is 4.74 Å². The van der Waals surface area contributed by atoms with Crippen LogP contribution in [0.5, 0.6) is 0 Å². The SMILES string of the molecule is O=C(CC1CCCCO1)N1CCN(c2nccs2)CC1. The number of piperazine rings is 1. The molecule has 20 heavy (non-hydrogen) atoms. The summed E-state index contributed by atoms with van der Waals surface area (Å²) in [5, 5.41) is 3.06. The Labute approximate surface area is 123 Å². The standard InChI is InChI=1S/C14H21N3O2S/c18-13(11-12-3-1-2-9-19-12)16-5-7-17(8-6-16)14-15-4-10-20-14/h4,10,12H,1-3,5-9,11H2. The normalized spacial score (nSPS) is 23.9. The first-order valence-corrected chi connectivity index (χ1v) is 8.25. The number of anilines is 1. The van der Waals surface area contributed by atoms with Crippen molar-refractivity contribution in [3.8, 4) is 0 Å². The van der Waals surface area contributed by atoms with Crippen LogP contribution in [0.25, 0.3) is 0 Å². The number of aromatic nitrogens is 1. The summed E-state index contributed by atoms with van der Waals surface area (Å²) in [7, 11) is 0. The van der Waals surface area contributed by atoms with E-state index in [1.165, 1.54) is 6.42 Å². The number of amides is 1. The highest BCUT2D eigenvalue weighted by molar-refractivity contribution is 7.13. The van der Waals surface area contributed by atoms with Crippen LogP contribution < -0.4 is 4.90 Å². The van der Waals surface area contributed by atoms with Gasteiger partial charge in [-0.3, -0.25) is 4.79 Å². The molecule has 0 bridgehead atoms. The number of thiazole rings is 1. The molecular weight excluding hydrogens is 274 g/mol. The van der Waals surface area contributed by atoms with Crippen molar-refractivity contribution in [1.82, 2.24) is 9.88 Å². The van der Waals surface area contributed by atoms with Crippen molar-refractivity contribution < 1.29 is 9.53 Å². The summed E-state index contributed by atoms with van der Waals surface area (Å²) in [6.07, 6.45) is 5.89. The third-order valence-electron chi connectivity index (χ3n) is 4.00. The molecule has 3 rings (SSSR count). The molecule has 0 spiro atoms. The summed E-state index contributed by atoms with van der Waals surface area (Å²) in [6, 6.07) is 0. The fraction of sp³-hybridized carbons (Fsp3) is 0.714. The molecule has 5 nitrogen and oxygen atoms in total. The monoisotopic (exact) mass is 295 g/mol. The van der Waals surface area contributed by atoms with Crippen molar-refractivity contribution in [3.05, 3.63) is 11.6 Å². The lowest BCUT2D eigenvalue weighted by molar-refractivity contribution is -0.135. The molecule has 1 atom stereocenters. The molecule has 2 aliphatic rings. The van der Waals surface area contributed by atoms with Gasteiger partial charge in [0, 0.05) is 44.4 Å². The molecule has 6 heteroatoms. The van der Waals surface area contributed by atoms with Gasteiger partial charge >= 0.3 is 0 Å². The number of carbonyl (C=O) groups is 1. The van der Waals surface area contributed by atoms with Gasteiger partial charge in [0.05, 0.1) is 12.5 Å². The molecule has 3 heterocycles. The lowest BCUT2D eigenvalue weighted by Gasteiger charge is -2.35. The van der Waals surface area contributed by atoms with Crippen molar-refractivity contribution in [2.45, 2.75) is 31.8 Å². The highest BCUT2D eigenvalue weighted by Crippen LogP contribution is 2.20. The molecule has 2 saturated heterocycles. The first kappa shape index (κ1) is 13.8. The Morgan fingerprint density at radius 3 is 2.85 bits per heavy atom. The predicted octanol–water partition coefficient (Wildman–Crippen LogP) is 1.75. The van der Waals surface area contributed by atoms with E-state index in [1.807, 2.05) is 16.5 Å². The van der Waals surface area contributed by atoms with E-state index in [0.717, 1.165) is 50.8 Å². The molecule has 1 unspecified atom stereocenters. The van der Waals surface area contributed by atoms with E-state index in [1.54, 1.807) is 11.3 Å². The average molecular weight is 295 g/mol. The number of carbonyl (C=O) groups excluding carboxylic acids is 1. The van der Waals surface area contributed by atoms with Crippen molar-refractivity contribution in [3.63, 3.8) is 0 Å². The van der Waals surface area contributed by atoms with Gasteiger partial charge in [-0.25, -0.2) is 4.98 Å². The molecule has 1 amide bonds. The molecule has 0 radical (unpaired) electrons. The lowest BCUT2D eigenvalue weighted by atomic mass is 10.1. The fourth-order valence-corrected chi connectivity index (χ4v) is 3.51. The zero-order valence-electron chi connectivity index (χ0n) is 11.7. The van der Waals surface area contributed by atoms with E-state index in [0.29, 0.717) is 6.42 Å². The highest BCUT2D eigenvalue weighted by atomic mass is 32.1. The second-order valence-corrected chi connectivity index (χ2v) is 6.25. The number of hydrogen-bond acceptors (Lipinski definition) is 5. The summed E-state index contributed by atoms with van der Waals surface area (Å²) < 4.78 is 5.65. The first-order valence-electron chi connectivity index (χ1n) is 7.37. The maximum Gasteiger partial charge on any atom is 0.225 e. The topological polar surface area (TPSA) is 45.7 Å². The largest absolute Gasteiger partial charge is 0.378 e. The summed E-state index contributed by atoms with van der Waals surface area (Å²) in [4.78, 5) is 20.8. The maximum atomic E-state index is 12.3. The Hall–Kier alpha value is -1.14. The van der Waals surface area contributed by atoms with E-state index in [-0.39, 0.29) is 12.0 Å². The zero-order chi connectivity index (χ0) is 13.8. The average Bonchev–Trinajstić information content (AvgIpc) is 3.03. The molecule has 2 aliphatic heterocycles. The molecule has 0 saturated carbocycles. The van der Waals surface area contributed by atoms with E-state index < -0.39 is 0 Å². The van der Waals surface area contributed by atoms with Crippen LogP contribution in [0.1, 0.15) is 25.7 Å². The zero-order valence-corrected chi connectivity index (χ0v) is 12.5. The molecule has 110 valence electrons. The Morgan fingerprint density at radius 1 is 1.35 bits per heavy atom. The number of hydrogen-bond donors (Lipinski definition) is 0. The van der Waals surface area contributed by atoms with Crippen LogP contribution in [0.3, 0.4) is 0 Å². The van der Waals surface area contributed by atoms with Gasteiger partial charge < -0.3 is 14.5 Å². The summed E-state index contributed by atoms with van der Waals surface area (Å²) >= 11 is 1.66. The molecule has 1 aromatic heterocycles. The molecule has 0 N–H and O–H groups in total. The van der Waals surface area contributed by atoms with Gasteiger partial charge in [0.15, 0.2) is 5.13 Å². The van der Waals surface area contributed by atoms with Crippen LogP contribution >= 0.6 is 11.3 Å². The minimum atomic E-state index is 0.147. The summed E-state index contributed by atoms with van der Waals surface area (Å²) in [5.74, 6) is 0.246.